The van der Waals surface area contributed by atoms with E-state index in [2.05, 4.69) is 15.3 Å². The lowest BCUT2D eigenvalue weighted by atomic mass is 10.0. The first-order chi connectivity index (χ1) is 10.5. The zero-order chi connectivity index (χ0) is 15.9. The molecule has 0 fully saturated rings. The Labute approximate surface area is 127 Å². The first kappa shape index (κ1) is 14.3. The zero-order valence-electron chi connectivity index (χ0n) is 12.6. The molecule has 6 heteroatoms. The quantitative estimate of drug-likeness (QED) is 0.769. The van der Waals surface area contributed by atoms with Gasteiger partial charge in [0, 0.05) is 5.39 Å². The monoisotopic (exact) mass is 299 g/mol. The Morgan fingerprint density at radius 2 is 2.00 bits per heavy atom. The normalized spacial score (nSPS) is 12.9. The van der Waals surface area contributed by atoms with Gasteiger partial charge in [0.15, 0.2) is 11.4 Å². The van der Waals surface area contributed by atoms with Crippen LogP contribution in [0.1, 0.15) is 19.7 Å². The van der Waals surface area contributed by atoms with Crippen LogP contribution in [0.2, 0.25) is 0 Å². The number of rotatable bonds is 4. The molecule has 0 bridgehead atoms. The fraction of sp³-hybridized carbons (Fsp3) is 0.312. The summed E-state index contributed by atoms with van der Waals surface area (Å²) in [6, 6.07) is 6.83. The number of carbonyl (C=O) groups is 1. The van der Waals surface area contributed by atoms with Gasteiger partial charge in [-0.15, -0.1) is 0 Å². The van der Waals surface area contributed by atoms with E-state index in [0.717, 1.165) is 5.39 Å². The number of hydrogen-bond donors (Lipinski definition) is 2. The Morgan fingerprint density at radius 3 is 2.68 bits per heavy atom. The number of furan rings is 1. The third-order valence-electron chi connectivity index (χ3n) is 3.56. The minimum Gasteiger partial charge on any atom is -0.480 e. The SMILES string of the molecule is Cc1nc(N[C@H](C(=O)O)C(C)C)c2oc3ccccc3c2n1. The van der Waals surface area contributed by atoms with Crippen molar-refractivity contribution in [3.63, 3.8) is 0 Å². The Hall–Kier alpha value is -2.63. The molecule has 0 unspecified atom stereocenters. The summed E-state index contributed by atoms with van der Waals surface area (Å²) in [5, 5.41) is 13.2. The highest BCUT2D eigenvalue weighted by Gasteiger charge is 2.24. The van der Waals surface area contributed by atoms with Crippen molar-refractivity contribution < 1.29 is 14.3 Å². The van der Waals surface area contributed by atoms with Gasteiger partial charge in [0.2, 0.25) is 0 Å². The van der Waals surface area contributed by atoms with Gasteiger partial charge in [-0.25, -0.2) is 14.8 Å². The number of aryl methyl sites for hydroxylation is 1. The van der Waals surface area contributed by atoms with E-state index in [1.54, 1.807) is 6.92 Å². The lowest BCUT2D eigenvalue weighted by Gasteiger charge is -2.18. The average Bonchev–Trinajstić information content (AvgIpc) is 2.82. The molecule has 114 valence electrons. The number of nitrogens with zero attached hydrogens (tertiary/aromatic N) is 2. The van der Waals surface area contributed by atoms with Gasteiger partial charge in [-0.05, 0) is 25.0 Å². The van der Waals surface area contributed by atoms with Crippen LogP contribution in [0, 0.1) is 12.8 Å². The fourth-order valence-corrected chi connectivity index (χ4v) is 2.46. The summed E-state index contributed by atoms with van der Waals surface area (Å²) >= 11 is 0. The van der Waals surface area contributed by atoms with Crippen molar-refractivity contribution in [3.05, 3.63) is 30.1 Å². The number of hydrogen-bond acceptors (Lipinski definition) is 5. The van der Waals surface area contributed by atoms with Gasteiger partial charge < -0.3 is 14.8 Å². The van der Waals surface area contributed by atoms with E-state index in [1.165, 1.54) is 0 Å². The molecule has 2 aromatic heterocycles. The molecule has 0 aliphatic carbocycles. The summed E-state index contributed by atoms with van der Waals surface area (Å²) < 4.78 is 5.82. The maximum Gasteiger partial charge on any atom is 0.326 e. The van der Waals surface area contributed by atoms with Crippen molar-refractivity contribution >= 4 is 33.9 Å². The minimum atomic E-state index is -0.921. The third-order valence-corrected chi connectivity index (χ3v) is 3.56. The minimum absolute atomic E-state index is 0.0906. The van der Waals surface area contributed by atoms with Crippen molar-refractivity contribution in [2.45, 2.75) is 26.8 Å². The topological polar surface area (TPSA) is 88.2 Å². The summed E-state index contributed by atoms with van der Waals surface area (Å²) in [6.07, 6.45) is 0. The largest absolute Gasteiger partial charge is 0.480 e. The predicted octanol–water partition coefficient (Wildman–Crippen LogP) is 3.21. The standard InChI is InChI=1S/C16H17N3O3/c1-8(2)12(16(20)21)19-15-14-13(17-9(3)18-15)10-6-4-5-7-11(10)22-14/h4-8,12H,1-3H3,(H,20,21)(H,17,18,19)/t12-/m0/s1. The van der Waals surface area contributed by atoms with E-state index < -0.39 is 12.0 Å². The van der Waals surface area contributed by atoms with Crippen LogP contribution in [0.4, 0.5) is 5.82 Å². The molecule has 0 saturated carbocycles. The number of nitrogens with one attached hydrogen (secondary N) is 1. The molecule has 6 nitrogen and oxygen atoms in total. The molecule has 2 heterocycles. The molecule has 0 saturated heterocycles. The van der Waals surface area contributed by atoms with Crippen molar-refractivity contribution in [3.8, 4) is 0 Å². The number of aromatic nitrogens is 2. The smallest absolute Gasteiger partial charge is 0.326 e. The zero-order valence-corrected chi connectivity index (χ0v) is 12.6. The molecule has 22 heavy (non-hydrogen) atoms. The van der Waals surface area contributed by atoms with Gasteiger partial charge >= 0.3 is 5.97 Å². The third kappa shape index (κ3) is 2.36. The molecule has 0 aliphatic heterocycles. The maximum atomic E-state index is 11.4. The highest BCUT2D eigenvalue weighted by molar-refractivity contribution is 6.05. The van der Waals surface area contributed by atoms with Gasteiger partial charge in [-0.2, -0.15) is 0 Å². The number of carboxylic acid groups (broad SMARTS) is 1. The van der Waals surface area contributed by atoms with Crippen LogP contribution >= 0.6 is 0 Å². The first-order valence-corrected chi connectivity index (χ1v) is 7.12. The predicted molar refractivity (Wildman–Crippen MR) is 83.9 cm³/mol. The molecule has 2 N–H and O–H groups in total. The molecule has 1 atom stereocenters. The number of para-hydroxylation sites is 1. The second kappa shape index (κ2) is 5.29. The molecule has 3 rings (SSSR count). The van der Waals surface area contributed by atoms with E-state index in [1.807, 2.05) is 38.1 Å². The lowest BCUT2D eigenvalue weighted by Crippen LogP contribution is -2.34. The van der Waals surface area contributed by atoms with Crippen molar-refractivity contribution in [1.29, 1.82) is 0 Å². The second-order valence-corrected chi connectivity index (χ2v) is 5.60. The summed E-state index contributed by atoms with van der Waals surface area (Å²) in [4.78, 5) is 20.2. The van der Waals surface area contributed by atoms with Crippen LogP contribution < -0.4 is 5.32 Å². The van der Waals surface area contributed by atoms with E-state index in [0.29, 0.717) is 28.3 Å². The van der Waals surface area contributed by atoms with Gasteiger partial charge in [0.05, 0.1) is 0 Å². The number of benzene rings is 1. The molecule has 0 spiro atoms. The van der Waals surface area contributed by atoms with Crippen LogP contribution in [0.25, 0.3) is 22.1 Å². The van der Waals surface area contributed by atoms with Crippen LogP contribution in [0.5, 0.6) is 0 Å². The van der Waals surface area contributed by atoms with Gasteiger partial charge in [0.25, 0.3) is 0 Å². The lowest BCUT2D eigenvalue weighted by molar-refractivity contribution is -0.138. The Kier molecular flexibility index (Phi) is 3.44. The summed E-state index contributed by atoms with van der Waals surface area (Å²) in [5.41, 5.74) is 1.88. The Bertz CT molecular complexity index is 854. The highest BCUT2D eigenvalue weighted by atomic mass is 16.4. The molecular formula is C16H17N3O3. The van der Waals surface area contributed by atoms with Crippen LogP contribution in [-0.2, 0) is 4.79 Å². The molecule has 3 aromatic rings. The van der Waals surface area contributed by atoms with Gasteiger partial charge in [-0.3, -0.25) is 0 Å². The number of anilines is 1. The van der Waals surface area contributed by atoms with E-state index in [4.69, 9.17) is 4.42 Å². The van der Waals surface area contributed by atoms with Crippen LogP contribution in [-0.4, -0.2) is 27.1 Å². The van der Waals surface area contributed by atoms with Gasteiger partial charge in [-0.1, -0.05) is 26.0 Å². The van der Waals surface area contributed by atoms with E-state index >= 15 is 0 Å². The summed E-state index contributed by atoms with van der Waals surface area (Å²) in [6.45, 7) is 5.46. The van der Waals surface area contributed by atoms with E-state index in [-0.39, 0.29) is 5.92 Å². The second-order valence-electron chi connectivity index (χ2n) is 5.60. The molecule has 0 amide bonds. The maximum absolute atomic E-state index is 11.4. The molecule has 0 aliphatic rings. The van der Waals surface area contributed by atoms with Crippen LogP contribution in [0.15, 0.2) is 28.7 Å². The Morgan fingerprint density at radius 1 is 1.27 bits per heavy atom. The number of fused-ring (bicyclic) bond motifs is 3. The highest BCUT2D eigenvalue weighted by Crippen LogP contribution is 2.31. The van der Waals surface area contributed by atoms with Crippen molar-refractivity contribution in [1.82, 2.24) is 9.97 Å². The summed E-state index contributed by atoms with van der Waals surface area (Å²) in [7, 11) is 0. The first-order valence-electron chi connectivity index (χ1n) is 7.12. The number of aliphatic carboxylic acids is 1. The van der Waals surface area contributed by atoms with Crippen LogP contribution in [0.3, 0.4) is 0 Å². The number of carboxylic acids is 1. The Balaban J connectivity index is 2.18. The average molecular weight is 299 g/mol. The molecule has 1 aromatic carbocycles. The fourth-order valence-electron chi connectivity index (χ4n) is 2.46. The summed E-state index contributed by atoms with van der Waals surface area (Å²) in [5.74, 6) is -0.0306. The van der Waals surface area contributed by atoms with Crippen molar-refractivity contribution in [2.24, 2.45) is 5.92 Å². The van der Waals surface area contributed by atoms with E-state index in [9.17, 15) is 9.90 Å². The molecule has 0 radical (unpaired) electrons. The van der Waals surface area contributed by atoms with Crippen molar-refractivity contribution in [2.75, 3.05) is 5.32 Å². The molecular weight excluding hydrogens is 282 g/mol. The van der Waals surface area contributed by atoms with Gasteiger partial charge in [0.1, 0.15) is 23.0 Å².